The molecule has 64 valence electrons. The lowest BCUT2D eigenvalue weighted by Crippen LogP contribution is -2.21. The van der Waals surface area contributed by atoms with Crippen molar-refractivity contribution in [2.45, 2.75) is 25.8 Å². The fourth-order valence-corrected chi connectivity index (χ4v) is 1.67. The Morgan fingerprint density at radius 3 is 3.17 bits per heavy atom. The number of anilines is 2. The van der Waals surface area contributed by atoms with Gasteiger partial charge < -0.3 is 11.1 Å². The Morgan fingerprint density at radius 1 is 1.50 bits per heavy atom. The standard InChI is InChI=1S/C10H14N2/c1-7-2-3-8-6-9(11)4-5-10(8)12-7/h4-7,12H,2-3,11H2,1H3/t7-/m0/s1. The van der Waals surface area contributed by atoms with E-state index >= 15 is 0 Å². The van der Waals surface area contributed by atoms with Crippen LogP contribution in [0.25, 0.3) is 0 Å². The van der Waals surface area contributed by atoms with Crippen LogP contribution in [0, 0.1) is 0 Å². The molecule has 1 aliphatic heterocycles. The topological polar surface area (TPSA) is 38.0 Å². The number of nitrogens with two attached hydrogens (primary N) is 1. The van der Waals surface area contributed by atoms with Crippen LogP contribution in [-0.4, -0.2) is 6.04 Å². The molecule has 0 saturated carbocycles. The molecule has 1 atom stereocenters. The summed E-state index contributed by atoms with van der Waals surface area (Å²) in [5, 5.41) is 3.43. The van der Waals surface area contributed by atoms with Crippen LogP contribution in [0.2, 0.25) is 0 Å². The average molecular weight is 162 g/mol. The van der Waals surface area contributed by atoms with Gasteiger partial charge in [-0.15, -0.1) is 0 Å². The van der Waals surface area contributed by atoms with Crippen molar-refractivity contribution in [3.05, 3.63) is 23.8 Å². The number of benzene rings is 1. The second kappa shape index (κ2) is 2.70. The van der Waals surface area contributed by atoms with E-state index in [0.29, 0.717) is 6.04 Å². The number of nitrogens with one attached hydrogen (secondary N) is 1. The van der Waals surface area contributed by atoms with Crippen LogP contribution in [0.4, 0.5) is 11.4 Å². The zero-order valence-electron chi connectivity index (χ0n) is 7.30. The molecule has 2 heteroatoms. The number of aryl methyl sites for hydroxylation is 1. The van der Waals surface area contributed by atoms with Crippen molar-refractivity contribution < 1.29 is 0 Å². The van der Waals surface area contributed by atoms with Gasteiger partial charge in [0.2, 0.25) is 0 Å². The highest BCUT2D eigenvalue weighted by atomic mass is 14.9. The average Bonchev–Trinajstić information content (AvgIpc) is 2.05. The minimum Gasteiger partial charge on any atom is -0.399 e. The SMILES string of the molecule is C[C@H]1CCc2cc(N)ccc2N1. The van der Waals surface area contributed by atoms with Gasteiger partial charge in [0.25, 0.3) is 0 Å². The first-order valence-corrected chi connectivity index (χ1v) is 4.40. The minimum atomic E-state index is 0.598. The van der Waals surface area contributed by atoms with Crippen molar-refractivity contribution >= 4 is 11.4 Å². The fourth-order valence-electron chi connectivity index (χ4n) is 1.67. The lowest BCUT2D eigenvalue weighted by Gasteiger charge is -2.24. The fraction of sp³-hybridized carbons (Fsp3) is 0.400. The summed E-state index contributed by atoms with van der Waals surface area (Å²) in [5.74, 6) is 0. The third-order valence-electron chi connectivity index (χ3n) is 2.38. The summed E-state index contributed by atoms with van der Waals surface area (Å²) in [4.78, 5) is 0. The molecule has 0 unspecified atom stereocenters. The summed E-state index contributed by atoms with van der Waals surface area (Å²) in [6, 6.07) is 6.68. The van der Waals surface area contributed by atoms with Gasteiger partial charge in [0.1, 0.15) is 0 Å². The van der Waals surface area contributed by atoms with E-state index in [2.05, 4.69) is 24.4 Å². The molecule has 0 radical (unpaired) electrons. The molecule has 0 spiro atoms. The number of hydrogen-bond acceptors (Lipinski definition) is 2. The molecule has 3 N–H and O–H groups in total. The van der Waals surface area contributed by atoms with Gasteiger partial charge in [-0.3, -0.25) is 0 Å². The Bertz CT molecular complexity index is 294. The van der Waals surface area contributed by atoms with E-state index in [9.17, 15) is 0 Å². The third-order valence-corrected chi connectivity index (χ3v) is 2.38. The summed E-state index contributed by atoms with van der Waals surface area (Å²) in [6.45, 7) is 2.21. The Morgan fingerprint density at radius 2 is 2.33 bits per heavy atom. The van der Waals surface area contributed by atoms with E-state index < -0.39 is 0 Å². The molecule has 1 aromatic carbocycles. The Hall–Kier alpha value is -1.18. The summed E-state index contributed by atoms with van der Waals surface area (Å²) in [7, 11) is 0. The largest absolute Gasteiger partial charge is 0.399 e. The van der Waals surface area contributed by atoms with E-state index in [1.54, 1.807) is 0 Å². The van der Waals surface area contributed by atoms with Crippen molar-refractivity contribution in [1.29, 1.82) is 0 Å². The van der Waals surface area contributed by atoms with Gasteiger partial charge in [0.05, 0.1) is 0 Å². The van der Waals surface area contributed by atoms with Crippen LogP contribution < -0.4 is 11.1 Å². The van der Waals surface area contributed by atoms with Crippen LogP contribution >= 0.6 is 0 Å². The predicted molar refractivity (Wildman–Crippen MR) is 52.3 cm³/mol. The Balaban J connectivity index is 2.37. The first-order chi connectivity index (χ1) is 5.75. The number of hydrogen-bond donors (Lipinski definition) is 2. The Kier molecular flexibility index (Phi) is 1.68. The molecule has 0 amide bonds. The van der Waals surface area contributed by atoms with Gasteiger partial charge >= 0.3 is 0 Å². The maximum Gasteiger partial charge on any atom is 0.0376 e. The van der Waals surface area contributed by atoms with Gasteiger partial charge in [-0.05, 0) is 43.5 Å². The van der Waals surface area contributed by atoms with Crippen molar-refractivity contribution in [3.63, 3.8) is 0 Å². The second-order valence-corrected chi connectivity index (χ2v) is 3.50. The van der Waals surface area contributed by atoms with Crippen LogP contribution in [0.5, 0.6) is 0 Å². The predicted octanol–water partition coefficient (Wildman–Crippen LogP) is 2.02. The monoisotopic (exact) mass is 162 g/mol. The lowest BCUT2D eigenvalue weighted by atomic mass is 9.99. The summed E-state index contributed by atoms with van der Waals surface area (Å²) in [6.07, 6.45) is 2.35. The van der Waals surface area contributed by atoms with E-state index in [0.717, 1.165) is 12.1 Å². The molecule has 1 heterocycles. The highest BCUT2D eigenvalue weighted by Crippen LogP contribution is 2.26. The zero-order chi connectivity index (χ0) is 8.55. The molecule has 2 rings (SSSR count). The number of fused-ring (bicyclic) bond motifs is 1. The summed E-state index contributed by atoms with van der Waals surface area (Å²) >= 11 is 0. The quantitative estimate of drug-likeness (QED) is 0.573. The molecule has 0 aliphatic carbocycles. The number of rotatable bonds is 0. The van der Waals surface area contributed by atoms with Crippen LogP contribution in [0.15, 0.2) is 18.2 Å². The van der Waals surface area contributed by atoms with Gasteiger partial charge in [-0.2, -0.15) is 0 Å². The maximum atomic E-state index is 5.69. The molecule has 0 saturated heterocycles. The molecule has 0 bridgehead atoms. The first-order valence-electron chi connectivity index (χ1n) is 4.40. The van der Waals surface area contributed by atoms with Crippen LogP contribution in [-0.2, 0) is 6.42 Å². The molecule has 1 aliphatic rings. The molecule has 1 aromatic rings. The molecule has 12 heavy (non-hydrogen) atoms. The van der Waals surface area contributed by atoms with Gasteiger partial charge in [0, 0.05) is 17.4 Å². The van der Waals surface area contributed by atoms with Crippen molar-refractivity contribution in [1.82, 2.24) is 0 Å². The zero-order valence-corrected chi connectivity index (χ0v) is 7.30. The maximum absolute atomic E-state index is 5.69. The van der Waals surface area contributed by atoms with Crippen molar-refractivity contribution in [2.24, 2.45) is 0 Å². The lowest BCUT2D eigenvalue weighted by molar-refractivity contribution is 0.681. The number of nitrogen functional groups attached to an aromatic ring is 1. The van der Waals surface area contributed by atoms with Crippen LogP contribution in [0.3, 0.4) is 0 Å². The highest BCUT2D eigenvalue weighted by molar-refractivity contribution is 5.59. The van der Waals surface area contributed by atoms with E-state index in [1.807, 2.05) is 6.07 Å². The molecule has 0 fully saturated rings. The van der Waals surface area contributed by atoms with Gasteiger partial charge in [-0.1, -0.05) is 0 Å². The van der Waals surface area contributed by atoms with Gasteiger partial charge in [-0.25, -0.2) is 0 Å². The minimum absolute atomic E-state index is 0.598. The molecular weight excluding hydrogens is 148 g/mol. The van der Waals surface area contributed by atoms with Gasteiger partial charge in [0.15, 0.2) is 0 Å². The van der Waals surface area contributed by atoms with Crippen LogP contribution in [0.1, 0.15) is 18.9 Å². The molecule has 2 nitrogen and oxygen atoms in total. The highest BCUT2D eigenvalue weighted by Gasteiger charge is 2.12. The Labute approximate surface area is 72.8 Å². The molecule has 0 aromatic heterocycles. The molecular formula is C10H14N2. The van der Waals surface area contributed by atoms with E-state index in [1.165, 1.54) is 17.7 Å². The van der Waals surface area contributed by atoms with Crippen molar-refractivity contribution in [2.75, 3.05) is 11.1 Å². The smallest absolute Gasteiger partial charge is 0.0376 e. The second-order valence-electron chi connectivity index (χ2n) is 3.50. The van der Waals surface area contributed by atoms with Crippen molar-refractivity contribution in [3.8, 4) is 0 Å². The summed E-state index contributed by atoms with van der Waals surface area (Å²) < 4.78 is 0. The normalized spacial score (nSPS) is 21.2. The first kappa shape index (κ1) is 7.47. The summed E-state index contributed by atoms with van der Waals surface area (Å²) in [5.41, 5.74) is 9.16. The van der Waals surface area contributed by atoms with E-state index in [-0.39, 0.29) is 0 Å². The third kappa shape index (κ3) is 1.24. The van der Waals surface area contributed by atoms with E-state index in [4.69, 9.17) is 5.73 Å².